The maximum absolute atomic E-state index is 12.1. The number of aliphatic hydroxyl groups is 1. The zero-order chi connectivity index (χ0) is 16.3. The number of carbonyl (C=O) groups excluding carboxylic acids is 1. The standard InChI is InChI=1S/C15H24N4O2S/c1-4-19-11(2)13(12(3)21)14(16-15(19)22)18-7-5-17(6-8-18)9-10-20/h20H,4-10H2,1-3H3. The van der Waals surface area contributed by atoms with Crippen molar-refractivity contribution in [3.63, 3.8) is 0 Å². The third kappa shape index (κ3) is 3.37. The van der Waals surface area contributed by atoms with Crippen molar-refractivity contribution in [2.75, 3.05) is 44.2 Å². The number of rotatable bonds is 5. The molecule has 0 aliphatic carbocycles. The van der Waals surface area contributed by atoms with Crippen LogP contribution in [-0.2, 0) is 6.54 Å². The monoisotopic (exact) mass is 324 g/mol. The molecular weight excluding hydrogens is 300 g/mol. The van der Waals surface area contributed by atoms with Gasteiger partial charge in [0.25, 0.3) is 0 Å². The fraction of sp³-hybridized carbons (Fsp3) is 0.667. The molecule has 22 heavy (non-hydrogen) atoms. The van der Waals surface area contributed by atoms with Crippen molar-refractivity contribution < 1.29 is 9.90 Å². The van der Waals surface area contributed by atoms with Crippen molar-refractivity contribution in [1.82, 2.24) is 14.5 Å². The Bertz CT molecular complexity index is 606. The van der Waals surface area contributed by atoms with Gasteiger partial charge in [-0.05, 0) is 33.0 Å². The van der Waals surface area contributed by atoms with Crippen molar-refractivity contribution in [2.24, 2.45) is 0 Å². The number of aromatic nitrogens is 2. The first-order valence-electron chi connectivity index (χ1n) is 7.70. The van der Waals surface area contributed by atoms with E-state index in [1.54, 1.807) is 6.92 Å². The highest BCUT2D eigenvalue weighted by atomic mass is 32.1. The van der Waals surface area contributed by atoms with Gasteiger partial charge in [-0.2, -0.15) is 0 Å². The van der Waals surface area contributed by atoms with Crippen molar-refractivity contribution in [3.8, 4) is 0 Å². The molecule has 0 amide bonds. The van der Waals surface area contributed by atoms with E-state index in [4.69, 9.17) is 17.3 Å². The number of carbonyl (C=O) groups is 1. The molecule has 6 nitrogen and oxygen atoms in total. The van der Waals surface area contributed by atoms with E-state index < -0.39 is 0 Å². The summed E-state index contributed by atoms with van der Waals surface area (Å²) in [6, 6.07) is 0. The van der Waals surface area contributed by atoms with Gasteiger partial charge in [0.1, 0.15) is 5.82 Å². The van der Waals surface area contributed by atoms with E-state index in [0.29, 0.717) is 29.2 Å². The van der Waals surface area contributed by atoms with Gasteiger partial charge in [-0.25, -0.2) is 4.98 Å². The van der Waals surface area contributed by atoms with E-state index in [-0.39, 0.29) is 12.4 Å². The Hall–Kier alpha value is -1.31. The molecule has 1 aliphatic rings. The van der Waals surface area contributed by atoms with Gasteiger partial charge in [-0.3, -0.25) is 9.69 Å². The highest BCUT2D eigenvalue weighted by Gasteiger charge is 2.24. The zero-order valence-corrected chi connectivity index (χ0v) is 14.3. The smallest absolute Gasteiger partial charge is 0.201 e. The van der Waals surface area contributed by atoms with Gasteiger partial charge in [-0.1, -0.05) is 0 Å². The molecule has 1 aromatic heterocycles. The maximum Gasteiger partial charge on any atom is 0.201 e. The van der Waals surface area contributed by atoms with Crippen LogP contribution in [0, 0.1) is 11.7 Å². The lowest BCUT2D eigenvalue weighted by molar-refractivity contribution is 0.101. The van der Waals surface area contributed by atoms with Crippen LogP contribution in [0.1, 0.15) is 29.9 Å². The lowest BCUT2D eigenvalue weighted by Crippen LogP contribution is -2.48. The van der Waals surface area contributed by atoms with Crippen LogP contribution in [0.4, 0.5) is 5.82 Å². The number of β-amino-alcohol motifs (C(OH)–C–C–N with tert-alkyl or cyclic N) is 1. The molecule has 0 atom stereocenters. The number of ketones is 1. The molecule has 2 rings (SSSR count). The summed E-state index contributed by atoms with van der Waals surface area (Å²) >= 11 is 5.38. The van der Waals surface area contributed by atoms with Gasteiger partial charge in [0, 0.05) is 45.0 Å². The molecule has 7 heteroatoms. The van der Waals surface area contributed by atoms with Crippen LogP contribution in [0.15, 0.2) is 0 Å². The van der Waals surface area contributed by atoms with Crippen LogP contribution >= 0.6 is 12.2 Å². The van der Waals surface area contributed by atoms with E-state index in [1.165, 1.54) is 0 Å². The molecular formula is C15H24N4O2S. The van der Waals surface area contributed by atoms with E-state index in [0.717, 1.165) is 31.9 Å². The summed E-state index contributed by atoms with van der Waals surface area (Å²) < 4.78 is 2.43. The van der Waals surface area contributed by atoms with Crippen LogP contribution < -0.4 is 4.90 Å². The Balaban J connectivity index is 2.35. The van der Waals surface area contributed by atoms with E-state index in [2.05, 4.69) is 14.8 Å². The SMILES string of the molecule is CCn1c(C)c(C(C)=O)c(N2CCN(CCO)CC2)nc1=S. The van der Waals surface area contributed by atoms with Gasteiger partial charge in [-0.15, -0.1) is 0 Å². The van der Waals surface area contributed by atoms with Gasteiger partial charge < -0.3 is 14.6 Å². The summed E-state index contributed by atoms with van der Waals surface area (Å²) in [4.78, 5) is 21.0. The number of piperazine rings is 1. The molecule has 1 fully saturated rings. The maximum atomic E-state index is 12.1. The van der Waals surface area contributed by atoms with E-state index >= 15 is 0 Å². The van der Waals surface area contributed by atoms with Gasteiger partial charge in [0.2, 0.25) is 4.77 Å². The highest BCUT2D eigenvalue weighted by molar-refractivity contribution is 7.71. The van der Waals surface area contributed by atoms with Gasteiger partial charge in [0.05, 0.1) is 12.2 Å². The molecule has 1 aliphatic heterocycles. The summed E-state index contributed by atoms with van der Waals surface area (Å²) in [5.41, 5.74) is 1.56. The Morgan fingerprint density at radius 3 is 2.45 bits per heavy atom. The molecule has 1 aromatic rings. The first kappa shape index (κ1) is 17.1. The predicted molar refractivity (Wildman–Crippen MR) is 89.2 cm³/mol. The average molecular weight is 324 g/mol. The molecule has 0 spiro atoms. The Morgan fingerprint density at radius 2 is 1.95 bits per heavy atom. The molecule has 1 saturated heterocycles. The summed E-state index contributed by atoms with van der Waals surface area (Å²) in [6.07, 6.45) is 0. The lowest BCUT2D eigenvalue weighted by atomic mass is 10.1. The van der Waals surface area contributed by atoms with Crippen LogP contribution in [0.2, 0.25) is 0 Å². The van der Waals surface area contributed by atoms with Gasteiger partial charge >= 0.3 is 0 Å². The second-order valence-corrected chi connectivity index (χ2v) is 5.90. The van der Waals surface area contributed by atoms with Crippen molar-refractivity contribution in [2.45, 2.75) is 27.3 Å². The van der Waals surface area contributed by atoms with E-state index in [1.807, 2.05) is 18.4 Å². The summed E-state index contributed by atoms with van der Waals surface area (Å²) in [7, 11) is 0. The minimum absolute atomic E-state index is 0.0231. The second kappa shape index (κ2) is 7.30. The van der Waals surface area contributed by atoms with Crippen LogP contribution in [0.25, 0.3) is 0 Å². The molecule has 0 unspecified atom stereocenters. The first-order chi connectivity index (χ1) is 10.5. The second-order valence-electron chi connectivity index (χ2n) is 5.53. The fourth-order valence-corrected chi connectivity index (χ4v) is 3.34. The summed E-state index contributed by atoms with van der Waals surface area (Å²) in [5.74, 6) is 0.735. The molecule has 0 radical (unpaired) electrons. The van der Waals surface area contributed by atoms with Crippen molar-refractivity contribution in [1.29, 1.82) is 0 Å². The minimum atomic E-state index is 0.0231. The number of aliphatic hydroxyl groups excluding tert-OH is 1. The average Bonchev–Trinajstić information content (AvgIpc) is 2.47. The largest absolute Gasteiger partial charge is 0.395 e. The Morgan fingerprint density at radius 1 is 1.32 bits per heavy atom. The summed E-state index contributed by atoms with van der Waals surface area (Å²) in [5, 5.41) is 9.02. The fourth-order valence-electron chi connectivity index (χ4n) is 2.99. The number of Topliss-reactive ketones (excluding diaryl/α,β-unsaturated/α-hetero) is 1. The van der Waals surface area contributed by atoms with Crippen molar-refractivity contribution in [3.05, 3.63) is 16.0 Å². The van der Waals surface area contributed by atoms with E-state index in [9.17, 15) is 4.79 Å². The lowest BCUT2D eigenvalue weighted by Gasteiger charge is -2.36. The summed E-state index contributed by atoms with van der Waals surface area (Å²) in [6.45, 7) is 10.4. The quantitative estimate of drug-likeness (QED) is 0.650. The predicted octanol–water partition coefficient (Wildman–Crippen LogP) is 1.26. The molecule has 0 aromatic carbocycles. The molecule has 0 saturated carbocycles. The van der Waals surface area contributed by atoms with Gasteiger partial charge in [0.15, 0.2) is 5.78 Å². The van der Waals surface area contributed by atoms with Crippen molar-refractivity contribution >= 4 is 23.8 Å². The number of hydrogen-bond acceptors (Lipinski definition) is 6. The van der Waals surface area contributed by atoms with Crippen LogP contribution in [0.5, 0.6) is 0 Å². The molecule has 2 heterocycles. The number of nitrogens with zero attached hydrogens (tertiary/aromatic N) is 4. The Labute approximate surface area is 136 Å². The molecule has 1 N–H and O–H groups in total. The normalized spacial score (nSPS) is 16.1. The minimum Gasteiger partial charge on any atom is -0.395 e. The Kier molecular flexibility index (Phi) is 5.66. The molecule has 0 bridgehead atoms. The number of anilines is 1. The third-order valence-corrected chi connectivity index (χ3v) is 4.49. The van der Waals surface area contributed by atoms with Crippen LogP contribution in [0.3, 0.4) is 0 Å². The third-order valence-electron chi connectivity index (χ3n) is 4.18. The first-order valence-corrected chi connectivity index (χ1v) is 8.11. The number of hydrogen-bond donors (Lipinski definition) is 1. The van der Waals surface area contributed by atoms with Crippen LogP contribution in [-0.4, -0.2) is 64.7 Å². The zero-order valence-electron chi connectivity index (χ0n) is 13.5. The highest BCUT2D eigenvalue weighted by Crippen LogP contribution is 2.23. The topological polar surface area (TPSA) is 61.6 Å². The molecule has 122 valence electrons.